The predicted octanol–water partition coefficient (Wildman–Crippen LogP) is 4.54. The van der Waals surface area contributed by atoms with E-state index in [-0.39, 0.29) is 5.91 Å². The molecule has 5 nitrogen and oxygen atoms in total. The highest BCUT2D eigenvalue weighted by atomic mass is 35.5. The van der Waals surface area contributed by atoms with Gasteiger partial charge in [0.1, 0.15) is 0 Å². The van der Waals surface area contributed by atoms with Gasteiger partial charge in [0.05, 0.1) is 30.5 Å². The lowest BCUT2D eigenvalue weighted by Gasteiger charge is -2.12. The van der Waals surface area contributed by atoms with Crippen molar-refractivity contribution in [3.8, 4) is 11.5 Å². The number of benzene rings is 2. The van der Waals surface area contributed by atoms with Gasteiger partial charge in [-0.1, -0.05) is 37.6 Å². The number of ether oxygens (including phenoxy) is 2. The molecule has 0 unspecified atom stereocenters. The molecule has 0 heterocycles. The highest BCUT2D eigenvalue weighted by Crippen LogP contribution is 2.28. The molecule has 0 aliphatic carbocycles. The Kier molecular flexibility index (Phi) is 7.48. The zero-order chi connectivity index (χ0) is 18.9. The summed E-state index contributed by atoms with van der Waals surface area (Å²) >= 11 is 5.99. The lowest BCUT2D eigenvalue weighted by Crippen LogP contribution is -2.17. The van der Waals surface area contributed by atoms with Crippen LogP contribution in [-0.4, -0.2) is 25.8 Å². The van der Waals surface area contributed by atoms with Gasteiger partial charge in [-0.15, -0.1) is 0 Å². The third-order valence-corrected chi connectivity index (χ3v) is 3.97. The first-order valence-corrected chi connectivity index (χ1v) is 8.78. The number of carbonyl (C=O) groups is 1. The Balaban J connectivity index is 1.99. The largest absolute Gasteiger partial charge is 0.493 e. The van der Waals surface area contributed by atoms with Crippen LogP contribution in [0.1, 0.15) is 36.2 Å². The van der Waals surface area contributed by atoms with E-state index in [2.05, 4.69) is 24.4 Å². The van der Waals surface area contributed by atoms with E-state index in [0.717, 1.165) is 12.0 Å². The number of nitrogens with zero attached hydrogens (tertiary/aromatic N) is 1. The zero-order valence-electron chi connectivity index (χ0n) is 15.2. The van der Waals surface area contributed by atoms with Gasteiger partial charge in [0.2, 0.25) is 0 Å². The van der Waals surface area contributed by atoms with E-state index in [1.807, 2.05) is 12.1 Å². The lowest BCUT2D eigenvalue weighted by atomic mass is 10.1. The fourth-order valence-corrected chi connectivity index (χ4v) is 2.38. The summed E-state index contributed by atoms with van der Waals surface area (Å²) in [5, 5.41) is 4.35. The van der Waals surface area contributed by atoms with E-state index >= 15 is 0 Å². The first-order chi connectivity index (χ1) is 12.5. The Morgan fingerprint density at radius 3 is 2.69 bits per heavy atom. The van der Waals surface area contributed by atoms with Crippen LogP contribution < -0.4 is 14.9 Å². The van der Waals surface area contributed by atoms with Crippen LogP contribution in [0.25, 0.3) is 0 Å². The number of hydrogen-bond donors (Lipinski definition) is 1. The number of methoxy groups -OCH3 is 1. The third-order valence-electron chi connectivity index (χ3n) is 3.64. The van der Waals surface area contributed by atoms with Gasteiger partial charge in [0.15, 0.2) is 11.5 Å². The third kappa shape index (κ3) is 5.77. The summed E-state index contributed by atoms with van der Waals surface area (Å²) in [7, 11) is 1.59. The molecular weight excluding hydrogens is 352 g/mol. The van der Waals surface area contributed by atoms with Crippen LogP contribution in [0.4, 0.5) is 0 Å². The minimum absolute atomic E-state index is 0.368. The van der Waals surface area contributed by atoms with E-state index in [1.54, 1.807) is 37.4 Å². The molecule has 2 aromatic carbocycles. The molecule has 0 saturated carbocycles. The van der Waals surface area contributed by atoms with Crippen molar-refractivity contribution in [2.45, 2.75) is 20.3 Å². The molecule has 0 atom stereocenters. The van der Waals surface area contributed by atoms with Crippen molar-refractivity contribution >= 4 is 23.7 Å². The standard InChI is InChI=1S/C20H23ClN2O3/c1-14(2)10-11-26-18-9-8-15(12-19(18)25-3)13-22-23-20(24)16-6-4-5-7-17(16)21/h4-9,12-14H,10-11H2,1-3H3,(H,23,24)/b22-13-. The zero-order valence-corrected chi connectivity index (χ0v) is 15.9. The van der Waals surface area contributed by atoms with E-state index in [0.29, 0.717) is 34.6 Å². The van der Waals surface area contributed by atoms with Crippen LogP contribution in [-0.2, 0) is 0 Å². The molecule has 1 amide bonds. The number of hydrazone groups is 1. The fourth-order valence-electron chi connectivity index (χ4n) is 2.16. The van der Waals surface area contributed by atoms with Crippen LogP contribution in [0.5, 0.6) is 11.5 Å². The molecule has 6 heteroatoms. The van der Waals surface area contributed by atoms with Crippen molar-refractivity contribution in [1.29, 1.82) is 0 Å². The number of halogens is 1. The molecule has 0 spiro atoms. The van der Waals surface area contributed by atoms with Gasteiger partial charge >= 0.3 is 0 Å². The van der Waals surface area contributed by atoms with E-state index in [1.165, 1.54) is 6.21 Å². The van der Waals surface area contributed by atoms with Crippen molar-refractivity contribution in [1.82, 2.24) is 5.43 Å². The first-order valence-electron chi connectivity index (χ1n) is 8.40. The number of rotatable bonds is 8. The topological polar surface area (TPSA) is 59.9 Å². The fraction of sp³-hybridized carbons (Fsp3) is 0.300. The summed E-state index contributed by atoms with van der Waals surface area (Å²) in [6.07, 6.45) is 2.51. The van der Waals surface area contributed by atoms with Gasteiger partial charge in [0, 0.05) is 0 Å². The van der Waals surface area contributed by atoms with Crippen molar-refractivity contribution in [2.75, 3.05) is 13.7 Å². The van der Waals surface area contributed by atoms with E-state index in [9.17, 15) is 4.79 Å². The quantitative estimate of drug-likeness (QED) is 0.545. The maximum absolute atomic E-state index is 12.1. The second-order valence-corrected chi connectivity index (χ2v) is 6.53. The van der Waals surface area contributed by atoms with Crippen molar-refractivity contribution in [2.24, 2.45) is 11.0 Å². The smallest absolute Gasteiger partial charge is 0.272 e. The number of hydrogen-bond acceptors (Lipinski definition) is 4. The number of nitrogens with one attached hydrogen (secondary N) is 1. The van der Waals surface area contributed by atoms with Crippen molar-refractivity contribution in [3.63, 3.8) is 0 Å². The minimum Gasteiger partial charge on any atom is -0.493 e. The normalized spacial score (nSPS) is 11.0. The van der Waals surface area contributed by atoms with Gasteiger partial charge in [-0.05, 0) is 48.2 Å². The van der Waals surface area contributed by atoms with Crippen LogP contribution in [0.3, 0.4) is 0 Å². The Labute approximate surface area is 159 Å². The molecule has 0 aromatic heterocycles. The second kappa shape index (κ2) is 9.82. The predicted molar refractivity (Wildman–Crippen MR) is 104 cm³/mol. The lowest BCUT2D eigenvalue weighted by molar-refractivity contribution is 0.0955. The summed E-state index contributed by atoms with van der Waals surface area (Å²) in [6.45, 7) is 4.93. The molecule has 0 aliphatic heterocycles. The first kappa shape index (κ1) is 19.8. The molecule has 26 heavy (non-hydrogen) atoms. The summed E-state index contributed by atoms with van der Waals surface area (Å²) in [4.78, 5) is 12.1. The average molecular weight is 375 g/mol. The summed E-state index contributed by atoms with van der Waals surface area (Å²) in [6, 6.07) is 12.3. The molecule has 0 fully saturated rings. The molecular formula is C20H23ClN2O3. The second-order valence-electron chi connectivity index (χ2n) is 6.12. The SMILES string of the molecule is COc1cc(/C=N\NC(=O)c2ccccc2Cl)ccc1OCCC(C)C. The molecule has 1 N–H and O–H groups in total. The molecule has 2 rings (SSSR count). The van der Waals surface area contributed by atoms with Crippen LogP contribution in [0, 0.1) is 5.92 Å². The Morgan fingerprint density at radius 2 is 2.00 bits per heavy atom. The van der Waals surface area contributed by atoms with Gasteiger partial charge in [-0.2, -0.15) is 5.10 Å². The van der Waals surface area contributed by atoms with Gasteiger partial charge in [0.25, 0.3) is 5.91 Å². The Bertz CT molecular complexity index is 775. The highest BCUT2D eigenvalue weighted by Gasteiger charge is 2.08. The van der Waals surface area contributed by atoms with Crippen LogP contribution in [0.15, 0.2) is 47.6 Å². The van der Waals surface area contributed by atoms with Gasteiger partial charge < -0.3 is 9.47 Å². The average Bonchev–Trinajstić information content (AvgIpc) is 2.62. The molecule has 138 valence electrons. The minimum atomic E-state index is -0.368. The maximum atomic E-state index is 12.1. The van der Waals surface area contributed by atoms with Crippen molar-refractivity contribution in [3.05, 3.63) is 58.6 Å². The molecule has 2 aromatic rings. The van der Waals surface area contributed by atoms with Crippen LogP contribution in [0.2, 0.25) is 5.02 Å². The van der Waals surface area contributed by atoms with Gasteiger partial charge in [-0.3, -0.25) is 4.79 Å². The number of carbonyl (C=O) groups excluding carboxylic acids is 1. The van der Waals surface area contributed by atoms with E-state index < -0.39 is 0 Å². The molecule has 0 radical (unpaired) electrons. The Morgan fingerprint density at radius 1 is 1.23 bits per heavy atom. The molecule has 0 saturated heterocycles. The highest BCUT2D eigenvalue weighted by molar-refractivity contribution is 6.33. The summed E-state index contributed by atoms with van der Waals surface area (Å²) in [5.41, 5.74) is 3.61. The molecule has 0 bridgehead atoms. The summed E-state index contributed by atoms with van der Waals surface area (Å²) < 4.78 is 11.1. The van der Waals surface area contributed by atoms with Crippen LogP contribution >= 0.6 is 11.6 Å². The Hall–Kier alpha value is -2.53. The number of amides is 1. The monoisotopic (exact) mass is 374 g/mol. The molecule has 0 aliphatic rings. The van der Waals surface area contributed by atoms with Crippen molar-refractivity contribution < 1.29 is 14.3 Å². The van der Waals surface area contributed by atoms with E-state index in [4.69, 9.17) is 21.1 Å². The van der Waals surface area contributed by atoms with Gasteiger partial charge in [-0.25, -0.2) is 5.43 Å². The maximum Gasteiger partial charge on any atom is 0.272 e. The summed E-state index contributed by atoms with van der Waals surface area (Å²) in [5.74, 6) is 1.52.